The van der Waals surface area contributed by atoms with E-state index in [9.17, 15) is 9.00 Å². The summed E-state index contributed by atoms with van der Waals surface area (Å²) < 4.78 is 28.8. The Hall–Kier alpha value is -3.32. The number of benzene rings is 3. The first kappa shape index (κ1) is 28.2. The first-order valence-electron chi connectivity index (χ1n) is 14.4. The average Bonchev–Trinajstić information content (AvgIpc) is 3.82. The van der Waals surface area contributed by atoms with Gasteiger partial charge in [0.25, 0.3) is 0 Å². The van der Waals surface area contributed by atoms with Crippen molar-refractivity contribution in [1.82, 2.24) is 0 Å². The molecule has 0 amide bonds. The van der Waals surface area contributed by atoms with Gasteiger partial charge in [-0.15, -0.1) is 0 Å². The van der Waals surface area contributed by atoms with Gasteiger partial charge in [0.05, 0.1) is 19.1 Å². The molecular weight excluding hydrogens is 522 g/mol. The lowest BCUT2D eigenvalue weighted by molar-refractivity contribution is -0.144. The molecule has 0 aromatic heterocycles. The van der Waals surface area contributed by atoms with Crippen molar-refractivity contribution in [3.8, 4) is 22.6 Å². The maximum absolute atomic E-state index is 11.7. The topological polar surface area (TPSA) is 73.9 Å². The number of fused-ring (bicyclic) bond motifs is 3. The molecular formula is C33H39NO5S. The Morgan fingerprint density at radius 1 is 1.02 bits per heavy atom. The van der Waals surface area contributed by atoms with Gasteiger partial charge in [-0.3, -0.25) is 9.00 Å². The van der Waals surface area contributed by atoms with E-state index in [-0.39, 0.29) is 18.0 Å². The maximum atomic E-state index is 11.7. The molecule has 0 atom stereocenters. The Labute approximate surface area is 239 Å². The Morgan fingerprint density at radius 3 is 2.52 bits per heavy atom. The summed E-state index contributed by atoms with van der Waals surface area (Å²) >= 11 is 0. The molecule has 2 heterocycles. The van der Waals surface area contributed by atoms with Gasteiger partial charge >= 0.3 is 5.97 Å². The highest BCUT2D eigenvalue weighted by Crippen LogP contribution is 2.40. The first-order valence-corrected chi connectivity index (χ1v) is 15.9. The van der Waals surface area contributed by atoms with Crippen LogP contribution >= 0.6 is 0 Å². The van der Waals surface area contributed by atoms with E-state index in [1.54, 1.807) is 0 Å². The molecule has 6 rings (SSSR count). The lowest BCUT2D eigenvalue weighted by Crippen LogP contribution is -2.27. The molecule has 40 heavy (non-hydrogen) atoms. The molecule has 3 aromatic carbocycles. The monoisotopic (exact) mass is 561 g/mol. The molecule has 212 valence electrons. The Morgan fingerprint density at radius 2 is 1.80 bits per heavy atom. The lowest BCUT2D eigenvalue weighted by Gasteiger charge is -2.24. The fourth-order valence-corrected chi connectivity index (χ4v) is 6.43. The number of nitrogens with one attached hydrogen (secondary N) is 1. The van der Waals surface area contributed by atoms with Crippen molar-refractivity contribution in [3.05, 3.63) is 77.4 Å². The number of hydrogen-bond acceptors (Lipinski definition) is 6. The van der Waals surface area contributed by atoms with Gasteiger partial charge in [0.15, 0.2) is 0 Å². The number of carbonyl (C=O) groups excluding carboxylic acids is 1. The summed E-state index contributed by atoms with van der Waals surface area (Å²) in [6.45, 7) is 5.93. The van der Waals surface area contributed by atoms with Crippen LogP contribution in [0.3, 0.4) is 0 Å². The molecule has 3 aromatic rings. The quantitative estimate of drug-likeness (QED) is 0.334. The third-order valence-electron chi connectivity index (χ3n) is 7.44. The van der Waals surface area contributed by atoms with Crippen molar-refractivity contribution in [1.29, 1.82) is 0 Å². The average molecular weight is 562 g/mol. The summed E-state index contributed by atoms with van der Waals surface area (Å²) in [7, 11) is -0.671. The van der Waals surface area contributed by atoms with Crippen molar-refractivity contribution in [3.63, 3.8) is 0 Å². The zero-order chi connectivity index (χ0) is 27.9. The van der Waals surface area contributed by atoms with Crippen LogP contribution in [0.5, 0.6) is 11.5 Å². The minimum atomic E-state index is -0.671. The van der Waals surface area contributed by atoms with E-state index in [0.717, 1.165) is 72.9 Å². The van der Waals surface area contributed by atoms with E-state index < -0.39 is 10.8 Å². The molecule has 1 saturated heterocycles. The smallest absolute Gasteiger partial charge is 0.308 e. The highest BCUT2D eigenvalue weighted by atomic mass is 32.2. The summed E-state index contributed by atoms with van der Waals surface area (Å²) in [4.78, 5) is 10.6. The van der Waals surface area contributed by atoms with E-state index in [0.29, 0.717) is 13.2 Å². The van der Waals surface area contributed by atoms with Crippen molar-refractivity contribution in [2.75, 3.05) is 30.0 Å². The fraction of sp³-hybridized carbons (Fsp3) is 0.424. The minimum Gasteiger partial charge on any atom is -0.493 e. The summed E-state index contributed by atoms with van der Waals surface area (Å²) in [5.41, 5.74) is 7.23. The number of rotatable bonds is 7. The predicted octanol–water partition coefficient (Wildman–Crippen LogP) is 6.46. The standard InChI is InChI=1S/C27H29NO3S.C6H10O2/c1-19-15-24(31-23-10-13-32(29)14-11-23)17-21-9-12-30-26-8-7-20(16-25(26)27(19)21)18-28-22-5-3-2-4-6-22;1-2-8-6(7)5-3-4-5/h2-8,15-17,23,28H,9-14,18H2,1H3;5H,2-4H2,1H3. The summed E-state index contributed by atoms with van der Waals surface area (Å²) in [6, 6.07) is 21.1. The van der Waals surface area contributed by atoms with Gasteiger partial charge in [0.2, 0.25) is 0 Å². The molecule has 3 aliphatic rings. The van der Waals surface area contributed by atoms with E-state index in [2.05, 4.69) is 54.7 Å². The zero-order valence-electron chi connectivity index (χ0n) is 23.4. The molecule has 1 aliphatic carbocycles. The van der Waals surface area contributed by atoms with Gasteiger partial charge in [-0.05, 0) is 98.2 Å². The van der Waals surface area contributed by atoms with Crippen molar-refractivity contribution >= 4 is 22.5 Å². The molecule has 0 radical (unpaired) electrons. The van der Waals surface area contributed by atoms with Crippen LogP contribution in [0.25, 0.3) is 11.1 Å². The number of aryl methyl sites for hydroxylation is 1. The van der Waals surface area contributed by atoms with Crippen LogP contribution in [0.2, 0.25) is 0 Å². The van der Waals surface area contributed by atoms with Gasteiger partial charge in [-0.25, -0.2) is 0 Å². The SMILES string of the molecule is CCOC(=O)C1CC1.Cc1cc(OC2CCS(=O)CC2)cc2c1-c1cc(CNc3ccccc3)ccc1OCC2. The third-order valence-corrected chi connectivity index (χ3v) is 8.82. The first-order chi connectivity index (χ1) is 19.5. The van der Waals surface area contributed by atoms with Crippen LogP contribution < -0.4 is 14.8 Å². The van der Waals surface area contributed by atoms with Crippen LogP contribution in [0, 0.1) is 12.8 Å². The second-order valence-electron chi connectivity index (χ2n) is 10.6. The van der Waals surface area contributed by atoms with Gasteiger partial charge in [-0.1, -0.05) is 24.3 Å². The molecule has 0 spiro atoms. The number of anilines is 1. The van der Waals surface area contributed by atoms with Crippen LogP contribution in [0.15, 0.2) is 60.7 Å². The minimum absolute atomic E-state index is 0.00694. The molecule has 0 bridgehead atoms. The Bertz CT molecular complexity index is 1330. The second kappa shape index (κ2) is 13.4. The molecule has 2 fully saturated rings. The number of esters is 1. The lowest BCUT2D eigenvalue weighted by atomic mass is 9.92. The molecule has 1 N–H and O–H groups in total. The Kier molecular flexibility index (Phi) is 9.42. The summed E-state index contributed by atoms with van der Waals surface area (Å²) in [6.07, 6.45) is 4.83. The molecule has 6 nitrogen and oxygen atoms in total. The van der Waals surface area contributed by atoms with Crippen molar-refractivity contribution < 1.29 is 23.2 Å². The van der Waals surface area contributed by atoms with Gasteiger partial charge in [0.1, 0.15) is 17.6 Å². The van der Waals surface area contributed by atoms with Gasteiger partial charge in [-0.2, -0.15) is 0 Å². The van der Waals surface area contributed by atoms with E-state index in [4.69, 9.17) is 14.2 Å². The number of hydrogen-bond donors (Lipinski definition) is 1. The number of para-hydroxylation sites is 1. The maximum Gasteiger partial charge on any atom is 0.308 e. The van der Waals surface area contributed by atoms with Crippen LogP contribution in [0.1, 0.15) is 49.3 Å². The van der Waals surface area contributed by atoms with E-state index in [1.807, 2.05) is 25.1 Å². The van der Waals surface area contributed by atoms with Crippen molar-refractivity contribution in [2.24, 2.45) is 5.92 Å². The largest absolute Gasteiger partial charge is 0.493 e. The van der Waals surface area contributed by atoms with Gasteiger partial charge in [0, 0.05) is 46.5 Å². The van der Waals surface area contributed by atoms with Gasteiger partial charge < -0.3 is 19.5 Å². The number of carbonyl (C=O) groups is 1. The fourth-order valence-electron chi connectivity index (χ4n) is 5.18. The molecule has 1 saturated carbocycles. The third kappa shape index (κ3) is 7.45. The van der Waals surface area contributed by atoms with Crippen LogP contribution in [0.4, 0.5) is 5.69 Å². The molecule has 7 heteroatoms. The van der Waals surface area contributed by atoms with Crippen LogP contribution in [-0.4, -0.2) is 41.0 Å². The van der Waals surface area contributed by atoms with Crippen molar-refractivity contribution in [2.45, 2.75) is 58.6 Å². The highest BCUT2D eigenvalue weighted by Gasteiger charge is 2.30. The Balaban J connectivity index is 0.000000348. The second-order valence-corrected chi connectivity index (χ2v) is 12.3. The van der Waals surface area contributed by atoms with E-state index in [1.165, 1.54) is 22.3 Å². The normalized spacial score (nSPS) is 19.4. The summed E-state index contributed by atoms with van der Waals surface area (Å²) in [5.74, 6) is 3.61. The molecule has 2 aliphatic heterocycles. The zero-order valence-corrected chi connectivity index (χ0v) is 24.3. The van der Waals surface area contributed by atoms with Crippen LogP contribution in [-0.2, 0) is 33.3 Å². The number of ether oxygens (including phenoxy) is 3. The highest BCUT2D eigenvalue weighted by molar-refractivity contribution is 7.85. The van der Waals surface area contributed by atoms with E-state index >= 15 is 0 Å². The molecule has 0 unspecified atom stereocenters. The predicted molar refractivity (Wildman–Crippen MR) is 160 cm³/mol. The summed E-state index contributed by atoms with van der Waals surface area (Å²) in [5, 5.41) is 3.50.